The molecule has 11 unspecified atom stereocenters. The van der Waals surface area contributed by atoms with E-state index >= 15 is 0 Å². The Kier molecular flexibility index (Phi) is 6.56. The zero-order chi connectivity index (χ0) is 31.2. The molecule has 14 nitrogen and oxygen atoms in total. The maximum Gasteiger partial charge on any atom is 0.338 e. The van der Waals surface area contributed by atoms with Crippen molar-refractivity contribution in [1.82, 2.24) is 0 Å². The Balaban J connectivity index is 1.12. The van der Waals surface area contributed by atoms with E-state index in [4.69, 9.17) is 28.4 Å². The Morgan fingerprint density at radius 2 is 1.45 bits per heavy atom. The fraction of sp³-hybridized carbons (Fsp3) is 0.533. The molecule has 2 aromatic rings. The molecule has 7 fully saturated rings. The monoisotopic (exact) mass is 616 g/mol. The largest absolute Gasteiger partial charge is 0.508 e. The van der Waals surface area contributed by atoms with Gasteiger partial charge < -0.3 is 59.1 Å². The van der Waals surface area contributed by atoms with Gasteiger partial charge in [0.15, 0.2) is 18.4 Å². The highest BCUT2D eigenvalue weighted by Crippen LogP contribution is 2.81. The van der Waals surface area contributed by atoms with Gasteiger partial charge in [0.2, 0.25) is 0 Å². The van der Waals surface area contributed by atoms with E-state index in [2.05, 4.69) is 0 Å². The van der Waals surface area contributed by atoms with E-state index in [0.717, 1.165) is 0 Å². The van der Waals surface area contributed by atoms with Gasteiger partial charge in [-0.15, -0.1) is 0 Å². The van der Waals surface area contributed by atoms with Gasteiger partial charge in [-0.25, -0.2) is 9.59 Å². The number of esters is 2. The first-order valence-electron chi connectivity index (χ1n) is 14.2. The van der Waals surface area contributed by atoms with Gasteiger partial charge in [0, 0.05) is 12.3 Å². The molecule has 6 N–H and O–H groups in total. The van der Waals surface area contributed by atoms with Gasteiger partial charge in [-0.1, -0.05) is 0 Å². The number of carbonyl (C=O) groups is 2. The van der Waals surface area contributed by atoms with Crippen molar-refractivity contribution in [3.8, 4) is 11.5 Å². The summed E-state index contributed by atoms with van der Waals surface area (Å²) in [4.78, 5) is 25.4. The van der Waals surface area contributed by atoms with Crippen LogP contribution < -0.4 is 0 Å². The first-order valence-corrected chi connectivity index (χ1v) is 14.2. The quantitative estimate of drug-likeness (QED) is 0.214. The second kappa shape index (κ2) is 9.83. The molecule has 4 saturated heterocycles. The lowest BCUT2D eigenvalue weighted by atomic mass is 9.41. The highest BCUT2D eigenvalue weighted by molar-refractivity contribution is 5.90. The summed E-state index contributed by atoms with van der Waals surface area (Å²) >= 11 is 0. The van der Waals surface area contributed by atoms with Gasteiger partial charge in [-0.2, -0.15) is 0 Å². The number of phenolic OH excluding ortho intramolecular Hbond substituents is 2. The molecule has 14 heteroatoms. The molecule has 0 aromatic heterocycles. The molecule has 3 saturated carbocycles. The topological polar surface area (TPSA) is 211 Å². The maximum atomic E-state index is 12.9. The standard InChI is InChI=1S/C30H32O14/c1-27-12-29(38)19-10-30(27,28(19,26(43-27)44-29)13-40-24(37)15-4-8-17(32)9-5-15)42-25-22(35)21(34)20(33)18(41-25)11-39-23(36)14-2-6-16(31)7-3-14/h2-9,18-22,25-26,31-35,38H,10-13H2,1H3. The lowest BCUT2D eigenvalue weighted by Gasteiger charge is -2.67. The second-order valence-corrected chi connectivity index (χ2v) is 12.3. The summed E-state index contributed by atoms with van der Waals surface area (Å²) in [6.07, 6.45) is -8.82. The van der Waals surface area contributed by atoms with Crippen molar-refractivity contribution in [2.75, 3.05) is 13.2 Å². The zero-order valence-corrected chi connectivity index (χ0v) is 23.4. The first kappa shape index (κ1) is 29.4. The number of phenols is 2. The number of benzene rings is 2. The third-order valence-corrected chi connectivity index (χ3v) is 9.97. The molecule has 3 aliphatic carbocycles. The Morgan fingerprint density at radius 1 is 0.864 bits per heavy atom. The smallest absolute Gasteiger partial charge is 0.338 e. The highest BCUT2D eigenvalue weighted by Gasteiger charge is 2.94. The molecule has 0 radical (unpaired) electrons. The normalized spacial score (nSPS) is 43.0. The minimum atomic E-state index is -1.74. The number of carbonyl (C=O) groups excluding carboxylic acids is 2. The molecule has 4 aliphatic heterocycles. The van der Waals surface area contributed by atoms with Gasteiger partial charge in [0.1, 0.15) is 60.3 Å². The van der Waals surface area contributed by atoms with Crippen molar-refractivity contribution >= 4 is 11.9 Å². The van der Waals surface area contributed by atoms with Crippen LogP contribution in [0.2, 0.25) is 0 Å². The van der Waals surface area contributed by atoms with E-state index in [1.54, 1.807) is 6.92 Å². The van der Waals surface area contributed by atoms with Gasteiger partial charge in [-0.05, 0) is 61.9 Å². The Hall–Kier alpha value is -3.34. The van der Waals surface area contributed by atoms with E-state index in [9.17, 15) is 40.2 Å². The van der Waals surface area contributed by atoms with Crippen LogP contribution in [0.15, 0.2) is 48.5 Å². The van der Waals surface area contributed by atoms with Gasteiger partial charge in [0.05, 0.1) is 16.5 Å². The number of hydrogen-bond acceptors (Lipinski definition) is 14. The number of aliphatic hydroxyl groups excluding tert-OH is 3. The summed E-state index contributed by atoms with van der Waals surface area (Å²) < 4.78 is 35.5. The minimum Gasteiger partial charge on any atom is -0.508 e. The van der Waals surface area contributed by atoms with E-state index < -0.39 is 83.9 Å². The number of ether oxygens (including phenoxy) is 6. The molecule has 236 valence electrons. The van der Waals surface area contributed by atoms with Crippen molar-refractivity contribution in [2.24, 2.45) is 11.3 Å². The summed E-state index contributed by atoms with van der Waals surface area (Å²) in [6, 6.07) is 10.8. The van der Waals surface area contributed by atoms with Crippen molar-refractivity contribution in [2.45, 2.75) is 73.8 Å². The molecular weight excluding hydrogens is 584 g/mol. The number of aromatic hydroxyl groups is 2. The molecule has 6 bridgehead atoms. The van der Waals surface area contributed by atoms with Crippen LogP contribution in [0.4, 0.5) is 0 Å². The van der Waals surface area contributed by atoms with E-state index in [-0.39, 0.29) is 42.1 Å². The number of rotatable bonds is 8. The summed E-state index contributed by atoms with van der Waals surface area (Å²) in [5.41, 5.74) is -3.42. The number of hydrogen-bond donors (Lipinski definition) is 6. The van der Waals surface area contributed by atoms with Crippen LogP contribution in [-0.2, 0) is 28.4 Å². The van der Waals surface area contributed by atoms with Gasteiger partial charge in [-0.3, -0.25) is 0 Å². The minimum absolute atomic E-state index is 0.0104. The van der Waals surface area contributed by atoms with E-state index in [1.807, 2.05) is 0 Å². The summed E-state index contributed by atoms with van der Waals surface area (Å²) in [5, 5.41) is 62.6. The zero-order valence-electron chi connectivity index (χ0n) is 23.4. The molecule has 9 rings (SSSR count). The predicted molar refractivity (Wildman–Crippen MR) is 142 cm³/mol. The summed E-state index contributed by atoms with van der Waals surface area (Å²) in [7, 11) is 0. The lowest BCUT2D eigenvalue weighted by Crippen LogP contribution is -2.80. The molecule has 7 aliphatic rings. The maximum absolute atomic E-state index is 12.9. The summed E-state index contributed by atoms with van der Waals surface area (Å²) in [6.45, 7) is 0.917. The Bertz CT molecular complexity index is 1470. The summed E-state index contributed by atoms with van der Waals surface area (Å²) in [5.74, 6) is -3.67. The third-order valence-electron chi connectivity index (χ3n) is 9.97. The molecule has 0 amide bonds. The number of aliphatic hydroxyl groups is 4. The highest BCUT2D eigenvalue weighted by atomic mass is 16.8. The van der Waals surface area contributed by atoms with Crippen LogP contribution in [0.1, 0.15) is 40.5 Å². The van der Waals surface area contributed by atoms with Crippen LogP contribution in [-0.4, -0.2) is 110 Å². The molecule has 11 atom stereocenters. The average molecular weight is 617 g/mol. The lowest BCUT2D eigenvalue weighted by molar-refractivity contribution is -0.424. The fourth-order valence-corrected chi connectivity index (χ4v) is 7.72. The van der Waals surface area contributed by atoms with Crippen molar-refractivity contribution < 1.29 is 68.6 Å². The van der Waals surface area contributed by atoms with E-state index in [0.29, 0.717) is 0 Å². The van der Waals surface area contributed by atoms with Crippen LogP contribution >= 0.6 is 0 Å². The SMILES string of the molecule is CC12CC3(O)OC(O1)C1(COC(=O)c4ccc(O)cc4)C3CC21OC1OC(COC(=O)c2ccc(O)cc2)C(O)C(O)C1O. The van der Waals surface area contributed by atoms with Crippen molar-refractivity contribution in [3.05, 3.63) is 59.7 Å². The predicted octanol–water partition coefficient (Wildman–Crippen LogP) is -0.0816. The van der Waals surface area contributed by atoms with E-state index in [1.165, 1.54) is 48.5 Å². The average Bonchev–Trinajstić information content (AvgIpc) is 3.18. The van der Waals surface area contributed by atoms with Gasteiger partial charge in [0.25, 0.3) is 0 Å². The van der Waals surface area contributed by atoms with Crippen LogP contribution in [0.5, 0.6) is 11.5 Å². The van der Waals surface area contributed by atoms with Crippen LogP contribution in [0.25, 0.3) is 0 Å². The Morgan fingerprint density at radius 3 is 2.07 bits per heavy atom. The second-order valence-electron chi connectivity index (χ2n) is 12.3. The molecule has 2 aromatic carbocycles. The van der Waals surface area contributed by atoms with Gasteiger partial charge >= 0.3 is 11.9 Å². The third kappa shape index (κ3) is 3.96. The first-order chi connectivity index (χ1) is 20.8. The van der Waals surface area contributed by atoms with Crippen molar-refractivity contribution in [1.29, 1.82) is 0 Å². The van der Waals surface area contributed by atoms with Crippen LogP contribution in [0, 0.1) is 11.3 Å². The molecule has 44 heavy (non-hydrogen) atoms. The molecular formula is C30H32O14. The molecule has 0 spiro atoms. The fourth-order valence-electron chi connectivity index (χ4n) is 7.72. The van der Waals surface area contributed by atoms with Crippen molar-refractivity contribution in [3.63, 3.8) is 0 Å². The van der Waals surface area contributed by atoms with Crippen LogP contribution in [0.3, 0.4) is 0 Å². The Labute approximate surface area is 250 Å². The molecule has 4 heterocycles.